The first-order valence-electron chi connectivity index (χ1n) is 8.25. The number of para-hydroxylation sites is 2. The lowest BCUT2D eigenvalue weighted by Crippen LogP contribution is -2.24. The number of tetrazole rings is 1. The standard InChI is InChI=1S/C17H12F3N7O2/c18-17(19,20)29-11-7-5-10(6-8-11)27-25-15(24-26-27)16(28)21-9-14-22-12-3-1-2-4-13(12)23-14/h1-8H,9H2,(H,21,28)(H,22,23). The first-order valence-corrected chi connectivity index (χ1v) is 8.25. The summed E-state index contributed by atoms with van der Waals surface area (Å²) < 4.78 is 40.4. The van der Waals surface area contributed by atoms with Crippen LogP contribution in [0.4, 0.5) is 13.2 Å². The minimum Gasteiger partial charge on any atom is -0.406 e. The summed E-state index contributed by atoms with van der Waals surface area (Å²) in [5, 5.41) is 13.9. The average molecular weight is 403 g/mol. The van der Waals surface area contributed by atoms with Gasteiger partial charge in [-0.3, -0.25) is 4.79 Å². The molecule has 2 heterocycles. The summed E-state index contributed by atoms with van der Waals surface area (Å²) in [6.07, 6.45) is -4.78. The molecule has 0 aliphatic carbocycles. The summed E-state index contributed by atoms with van der Waals surface area (Å²) in [7, 11) is 0. The number of imidazole rings is 1. The Hall–Kier alpha value is -3.96. The Morgan fingerprint density at radius 1 is 1.14 bits per heavy atom. The summed E-state index contributed by atoms with van der Waals surface area (Å²) in [5.74, 6) is -0.595. The van der Waals surface area contributed by atoms with Gasteiger partial charge in [0.2, 0.25) is 0 Å². The number of aromatic nitrogens is 6. The quantitative estimate of drug-likeness (QED) is 0.529. The topological polar surface area (TPSA) is 111 Å². The van der Waals surface area contributed by atoms with E-state index in [1.54, 1.807) is 0 Å². The van der Waals surface area contributed by atoms with Gasteiger partial charge in [0.1, 0.15) is 11.6 Å². The van der Waals surface area contributed by atoms with Gasteiger partial charge in [-0.2, -0.15) is 0 Å². The molecule has 0 unspecified atom stereocenters. The number of H-pyrrole nitrogens is 1. The summed E-state index contributed by atoms with van der Waals surface area (Å²) in [6.45, 7) is 0.130. The van der Waals surface area contributed by atoms with Gasteiger partial charge in [0.05, 0.1) is 23.3 Å². The van der Waals surface area contributed by atoms with E-state index in [0.29, 0.717) is 11.5 Å². The maximum atomic E-state index is 12.2. The van der Waals surface area contributed by atoms with Gasteiger partial charge in [0, 0.05) is 0 Å². The van der Waals surface area contributed by atoms with E-state index in [1.165, 1.54) is 12.1 Å². The molecule has 4 rings (SSSR count). The molecule has 2 N–H and O–H groups in total. The van der Waals surface area contributed by atoms with Gasteiger partial charge in [0.25, 0.3) is 11.7 Å². The van der Waals surface area contributed by atoms with Crippen molar-refractivity contribution in [3.63, 3.8) is 0 Å². The highest BCUT2D eigenvalue weighted by atomic mass is 19.4. The van der Waals surface area contributed by atoms with Crippen molar-refractivity contribution in [1.82, 2.24) is 35.5 Å². The molecule has 0 aliphatic heterocycles. The number of nitrogens with zero attached hydrogens (tertiary/aromatic N) is 5. The summed E-state index contributed by atoms with van der Waals surface area (Å²) in [4.78, 5) is 20.7. The number of fused-ring (bicyclic) bond motifs is 1. The van der Waals surface area contributed by atoms with E-state index in [9.17, 15) is 18.0 Å². The zero-order chi connectivity index (χ0) is 20.4. The smallest absolute Gasteiger partial charge is 0.406 e. The normalized spacial score (nSPS) is 11.6. The van der Waals surface area contributed by atoms with Crippen LogP contribution >= 0.6 is 0 Å². The highest BCUT2D eigenvalue weighted by Crippen LogP contribution is 2.23. The highest BCUT2D eigenvalue weighted by molar-refractivity contribution is 5.90. The lowest BCUT2D eigenvalue weighted by molar-refractivity contribution is -0.274. The van der Waals surface area contributed by atoms with E-state index >= 15 is 0 Å². The zero-order valence-corrected chi connectivity index (χ0v) is 14.5. The van der Waals surface area contributed by atoms with Gasteiger partial charge in [-0.15, -0.1) is 28.2 Å². The minimum atomic E-state index is -4.78. The lowest BCUT2D eigenvalue weighted by Gasteiger charge is -2.08. The number of amides is 1. The van der Waals surface area contributed by atoms with E-state index in [1.807, 2.05) is 24.3 Å². The highest BCUT2D eigenvalue weighted by Gasteiger charge is 2.31. The Kier molecular flexibility index (Phi) is 4.58. The van der Waals surface area contributed by atoms with Gasteiger partial charge >= 0.3 is 6.36 Å². The number of carbonyl (C=O) groups excluding carboxylic acids is 1. The first kappa shape index (κ1) is 18.4. The molecule has 0 saturated heterocycles. The number of hydrogen-bond acceptors (Lipinski definition) is 6. The van der Waals surface area contributed by atoms with Crippen LogP contribution < -0.4 is 10.1 Å². The summed E-state index contributed by atoms with van der Waals surface area (Å²) in [6, 6.07) is 12.3. The SMILES string of the molecule is O=C(NCc1nc2ccccc2[nH]1)c1nnn(-c2ccc(OC(F)(F)F)cc2)n1. The van der Waals surface area contributed by atoms with Crippen molar-refractivity contribution >= 4 is 16.9 Å². The molecular weight excluding hydrogens is 391 g/mol. The Morgan fingerprint density at radius 2 is 1.90 bits per heavy atom. The molecule has 0 spiro atoms. The molecule has 4 aromatic rings. The van der Waals surface area contributed by atoms with Crippen LogP contribution in [0, 0.1) is 0 Å². The molecule has 148 valence electrons. The van der Waals surface area contributed by atoms with Crippen molar-refractivity contribution < 1.29 is 22.7 Å². The van der Waals surface area contributed by atoms with E-state index in [2.05, 4.69) is 35.4 Å². The van der Waals surface area contributed by atoms with Gasteiger partial charge in [-0.25, -0.2) is 4.98 Å². The number of hydrogen-bond donors (Lipinski definition) is 2. The van der Waals surface area contributed by atoms with Crippen molar-refractivity contribution in [1.29, 1.82) is 0 Å². The number of aromatic amines is 1. The van der Waals surface area contributed by atoms with Gasteiger partial charge in [0.15, 0.2) is 0 Å². The number of rotatable bonds is 5. The third-order valence-electron chi connectivity index (χ3n) is 3.77. The van der Waals surface area contributed by atoms with Gasteiger partial charge in [-0.1, -0.05) is 12.1 Å². The lowest BCUT2D eigenvalue weighted by atomic mass is 10.3. The van der Waals surface area contributed by atoms with Crippen LogP contribution in [0.2, 0.25) is 0 Å². The molecule has 2 aromatic carbocycles. The molecule has 0 radical (unpaired) electrons. The van der Waals surface area contributed by atoms with Crippen molar-refractivity contribution in [2.45, 2.75) is 12.9 Å². The number of benzene rings is 2. The predicted molar refractivity (Wildman–Crippen MR) is 93.1 cm³/mol. The monoisotopic (exact) mass is 403 g/mol. The minimum absolute atomic E-state index is 0.130. The van der Waals surface area contributed by atoms with Gasteiger partial charge < -0.3 is 15.0 Å². The maximum Gasteiger partial charge on any atom is 0.573 e. The van der Waals surface area contributed by atoms with Crippen molar-refractivity contribution in [3.05, 3.63) is 60.2 Å². The van der Waals surface area contributed by atoms with Gasteiger partial charge in [-0.05, 0) is 41.6 Å². The van der Waals surface area contributed by atoms with Crippen LogP contribution in [-0.2, 0) is 6.54 Å². The number of nitrogens with one attached hydrogen (secondary N) is 2. The molecule has 12 heteroatoms. The van der Waals surface area contributed by atoms with E-state index in [4.69, 9.17) is 0 Å². The Morgan fingerprint density at radius 3 is 2.62 bits per heavy atom. The van der Waals surface area contributed by atoms with Crippen LogP contribution in [0.15, 0.2) is 48.5 Å². The fourth-order valence-electron chi connectivity index (χ4n) is 2.53. The van der Waals surface area contributed by atoms with E-state index < -0.39 is 12.3 Å². The largest absolute Gasteiger partial charge is 0.573 e. The maximum absolute atomic E-state index is 12.2. The Balaban J connectivity index is 1.40. The molecule has 0 atom stereocenters. The Labute approximate surface area is 160 Å². The molecular formula is C17H12F3N7O2. The van der Waals surface area contributed by atoms with Crippen LogP contribution in [0.5, 0.6) is 5.75 Å². The number of carbonyl (C=O) groups is 1. The molecule has 0 saturated carbocycles. The van der Waals surface area contributed by atoms with Crippen molar-refractivity contribution in [2.24, 2.45) is 0 Å². The molecule has 2 aromatic heterocycles. The molecule has 0 aliphatic rings. The summed E-state index contributed by atoms with van der Waals surface area (Å²) >= 11 is 0. The predicted octanol–water partition coefficient (Wildman–Crippen LogP) is 2.37. The number of ether oxygens (including phenoxy) is 1. The van der Waals surface area contributed by atoms with Crippen molar-refractivity contribution in [2.75, 3.05) is 0 Å². The first-order chi connectivity index (χ1) is 13.9. The van der Waals surface area contributed by atoms with Crippen LogP contribution in [0.3, 0.4) is 0 Å². The fourth-order valence-corrected chi connectivity index (χ4v) is 2.53. The number of alkyl halides is 3. The fraction of sp³-hybridized carbons (Fsp3) is 0.118. The van der Waals surface area contributed by atoms with Crippen LogP contribution in [0.25, 0.3) is 16.7 Å². The van der Waals surface area contributed by atoms with Crippen LogP contribution in [0.1, 0.15) is 16.4 Å². The molecule has 9 nitrogen and oxygen atoms in total. The molecule has 1 amide bonds. The second kappa shape index (κ2) is 7.22. The third kappa shape index (κ3) is 4.31. The third-order valence-corrected chi connectivity index (χ3v) is 3.77. The molecule has 29 heavy (non-hydrogen) atoms. The van der Waals surface area contributed by atoms with E-state index in [0.717, 1.165) is 28.0 Å². The van der Waals surface area contributed by atoms with Crippen LogP contribution in [-0.4, -0.2) is 42.4 Å². The van der Waals surface area contributed by atoms with E-state index in [-0.39, 0.29) is 18.1 Å². The zero-order valence-electron chi connectivity index (χ0n) is 14.5. The van der Waals surface area contributed by atoms with Crippen molar-refractivity contribution in [3.8, 4) is 11.4 Å². The number of halogens is 3. The second-order valence-corrected chi connectivity index (χ2v) is 5.83. The summed E-state index contributed by atoms with van der Waals surface area (Å²) in [5.41, 5.74) is 1.93. The molecule has 0 bridgehead atoms. The second-order valence-electron chi connectivity index (χ2n) is 5.83. The molecule has 0 fully saturated rings. The average Bonchev–Trinajstić information content (AvgIpc) is 3.32. The Bertz CT molecular complexity index is 1120.